The number of halogens is 3. The molecule has 1 amide bonds. The number of hydrogen-bond donors (Lipinski definition) is 1. The Morgan fingerprint density at radius 3 is 2.64 bits per heavy atom. The zero-order valence-corrected chi connectivity index (χ0v) is 11.9. The molecule has 0 aliphatic carbocycles. The number of ether oxygens (including phenoxy) is 1. The standard InChI is InChI=1S/C14H9ClF2N2O3/c1-22-14(21)7-4-11(17)12(18-6-7)19-13(20)9-5-8(16)2-3-10(9)15/h2-6H,1H3,(H,18,19,20). The maximum Gasteiger partial charge on any atom is 0.339 e. The van der Waals surface area contributed by atoms with Crippen molar-refractivity contribution in [2.24, 2.45) is 0 Å². The number of nitrogens with one attached hydrogen (secondary N) is 1. The van der Waals surface area contributed by atoms with E-state index in [1.54, 1.807) is 0 Å². The summed E-state index contributed by atoms with van der Waals surface area (Å²) in [7, 11) is 1.14. The number of benzene rings is 1. The first-order chi connectivity index (χ1) is 10.4. The second-order valence-electron chi connectivity index (χ2n) is 4.12. The van der Waals surface area contributed by atoms with E-state index in [2.05, 4.69) is 15.0 Å². The molecule has 0 spiro atoms. The summed E-state index contributed by atoms with van der Waals surface area (Å²) in [5, 5.41) is 2.16. The molecule has 0 aliphatic heterocycles. The summed E-state index contributed by atoms with van der Waals surface area (Å²) in [6, 6.07) is 4.07. The summed E-state index contributed by atoms with van der Waals surface area (Å²) in [6.45, 7) is 0. The fourth-order valence-electron chi connectivity index (χ4n) is 1.61. The quantitative estimate of drug-likeness (QED) is 0.880. The molecule has 22 heavy (non-hydrogen) atoms. The zero-order valence-electron chi connectivity index (χ0n) is 11.2. The molecule has 0 fully saturated rings. The number of anilines is 1. The van der Waals surface area contributed by atoms with Crippen LogP contribution in [0, 0.1) is 11.6 Å². The molecular weight excluding hydrogens is 318 g/mol. The maximum atomic E-state index is 13.8. The fraction of sp³-hybridized carbons (Fsp3) is 0.0714. The van der Waals surface area contributed by atoms with Crippen molar-refractivity contribution in [1.82, 2.24) is 4.98 Å². The fourth-order valence-corrected chi connectivity index (χ4v) is 1.81. The Labute approximate surface area is 128 Å². The number of esters is 1. The third-order valence-corrected chi connectivity index (χ3v) is 3.00. The van der Waals surface area contributed by atoms with Gasteiger partial charge in [0.25, 0.3) is 5.91 Å². The molecule has 2 aromatic rings. The first-order valence-corrected chi connectivity index (χ1v) is 6.30. The van der Waals surface area contributed by atoms with E-state index in [-0.39, 0.29) is 16.1 Å². The minimum atomic E-state index is -0.941. The van der Waals surface area contributed by atoms with Crippen LogP contribution in [0.3, 0.4) is 0 Å². The lowest BCUT2D eigenvalue weighted by Gasteiger charge is -2.08. The van der Waals surface area contributed by atoms with E-state index in [0.717, 1.165) is 31.5 Å². The van der Waals surface area contributed by atoms with Crippen molar-refractivity contribution in [2.45, 2.75) is 0 Å². The highest BCUT2D eigenvalue weighted by atomic mass is 35.5. The monoisotopic (exact) mass is 326 g/mol. The summed E-state index contributed by atoms with van der Waals surface area (Å²) in [5.41, 5.74) is -0.276. The molecule has 0 bridgehead atoms. The van der Waals surface area contributed by atoms with Gasteiger partial charge in [-0.05, 0) is 24.3 Å². The van der Waals surface area contributed by atoms with E-state index in [9.17, 15) is 18.4 Å². The average molecular weight is 327 g/mol. The molecule has 1 N–H and O–H groups in total. The van der Waals surface area contributed by atoms with Gasteiger partial charge in [-0.2, -0.15) is 0 Å². The van der Waals surface area contributed by atoms with Crippen LogP contribution < -0.4 is 5.32 Å². The number of amides is 1. The lowest BCUT2D eigenvalue weighted by atomic mass is 10.2. The molecule has 1 aromatic carbocycles. The van der Waals surface area contributed by atoms with Crippen molar-refractivity contribution in [2.75, 3.05) is 12.4 Å². The second-order valence-corrected chi connectivity index (χ2v) is 4.53. The molecule has 2 rings (SSSR count). The third kappa shape index (κ3) is 3.37. The Kier molecular flexibility index (Phi) is 4.67. The summed E-state index contributed by atoms with van der Waals surface area (Å²) in [6.07, 6.45) is 1.04. The number of rotatable bonds is 3. The smallest absolute Gasteiger partial charge is 0.339 e. The van der Waals surface area contributed by atoms with Crippen LogP contribution in [0.2, 0.25) is 5.02 Å². The normalized spacial score (nSPS) is 10.2. The molecule has 0 unspecified atom stereocenters. The number of nitrogens with zero attached hydrogens (tertiary/aromatic N) is 1. The molecule has 114 valence electrons. The van der Waals surface area contributed by atoms with E-state index >= 15 is 0 Å². The van der Waals surface area contributed by atoms with Gasteiger partial charge in [0.15, 0.2) is 11.6 Å². The van der Waals surface area contributed by atoms with Gasteiger partial charge in [-0.3, -0.25) is 4.79 Å². The minimum Gasteiger partial charge on any atom is -0.465 e. The molecule has 1 aromatic heterocycles. The Hall–Kier alpha value is -2.54. The van der Waals surface area contributed by atoms with Crippen LogP contribution in [0.1, 0.15) is 20.7 Å². The van der Waals surface area contributed by atoms with Crippen molar-refractivity contribution in [3.63, 3.8) is 0 Å². The average Bonchev–Trinajstić information content (AvgIpc) is 2.50. The zero-order chi connectivity index (χ0) is 16.3. The molecule has 0 saturated carbocycles. The van der Waals surface area contributed by atoms with E-state index in [4.69, 9.17) is 11.6 Å². The Morgan fingerprint density at radius 1 is 1.27 bits per heavy atom. The van der Waals surface area contributed by atoms with Crippen molar-refractivity contribution in [3.8, 4) is 0 Å². The lowest BCUT2D eigenvalue weighted by molar-refractivity contribution is 0.0599. The summed E-state index contributed by atoms with van der Waals surface area (Å²) in [5.74, 6) is -3.62. The van der Waals surface area contributed by atoms with E-state index in [0.29, 0.717) is 0 Å². The SMILES string of the molecule is COC(=O)c1cnc(NC(=O)c2cc(F)ccc2Cl)c(F)c1. The van der Waals surface area contributed by atoms with Gasteiger partial charge in [0.1, 0.15) is 5.82 Å². The summed E-state index contributed by atoms with van der Waals surface area (Å²) in [4.78, 5) is 26.8. The van der Waals surface area contributed by atoms with Crippen LogP contribution in [0.25, 0.3) is 0 Å². The molecule has 8 heteroatoms. The van der Waals surface area contributed by atoms with E-state index in [1.807, 2.05) is 0 Å². The highest BCUT2D eigenvalue weighted by Gasteiger charge is 2.16. The number of aromatic nitrogens is 1. The first-order valence-electron chi connectivity index (χ1n) is 5.92. The molecule has 5 nitrogen and oxygen atoms in total. The van der Waals surface area contributed by atoms with Crippen LogP contribution in [0.15, 0.2) is 30.5 Å². The molecule has 0 saturated heterocycles. The second kappa shape index (κ2) is 6.48. The van der Waals surface area contributed by atoms with Crippen LogP contribution in [0.4, 0.5) is 14.6 Å². The van der Waals surface area contributed by atoms with Crippen molar-refractivity contribution >= 4 is 29.3 Å². The Morgan fingerprint density at radius 2 is 2.00 bits per heavy atom. The van der Waals surface area contributed by atoms with Crippen molar-refractivity contribution < 1.29 is 23.1 Å². The van der Waals surface area contributed by atoms with Crippen LogP contribution in [-0.4, -0.2) is 24.0 Å². The van der Waals surface area contributed by atoms with Crippen LogP contribution >= 0.6 is 11.6 Å². The largest absolute Gasteiger partial charge is 0.465 e. The highest BCUT2D eigenvalue weighted by Crippen LogP contribution is 2.19. The van der Waals surface area contributed by atoms with Gasteiger partial charge in [0, 0.05) is 6.20 Å². The third-order valence-electron chi connectivity index (χ3n) is 2.67. The predicted molar refractivity (Wildman–Crippen MR) is 74.9 cm³/mol. The van der Waals surface area contributed by atoms with Gasteiger partial charge in [-0.1, -0.05) is 11.6 Å². The van der Waals surface area contributed by atoms with E-state index < -0.39 is 29.3 Å². The van der Waals surface area contributed by atoms with Gasteiger partial charge >= 0.3 is 5.97 Å². The molecule has 1 heterocycles. The number of methoxy groups -OCH3 is 1. The molecule has 0 radical (unpaired) electrons. The predicted octanol–water partition coefficient (Wildman–Crippen LogP) is 3.05. The van der Waals surface area contributed by atoms with Crippen LogP contribution in [0.5, 0.6) is 0 Å². The van der Waals surface area contributed by atoms with Gasteiger partial charge in [-0.25, -0.2) is 18.6 Å². The van der Waals surface area contributed by atoms with Gasteiger partial charge < -0.3 is 10.1 Å². The van der Waals surface area contributed by atoms with Crippen LogP contribution in [-0.2, 0) is 4.74 Å². The van der Waals surface area contributed by atoms with Gasteiger partial charge in [-0.15, -0.1) is 0 Å². The van der Waals surface area contributed by atoms with Crippen molar-refractivity contribution in [3.05, 3.63) is 58.2 Å². The molecule has 0 aliphatic rings. The lowest BCUT2D eigenvalue weighted by Crippen LogP contribution is -2.15. The molecule has 0 atom stereocenters. The van der Waals surface area contributed by atoms with Gasteiger partial charge in [0.2, 0.25) is 0 Å². The van der Waals surface area contributed by atoms with Crippen molar-refractivity contribution in [1.29, 1.82) is 0 Å². The topological polar surface area (TPSA) is 68.3 Å². The maximum absolute atomic E-state index is 13.8. The van der Waals surface area contributed by atoms with E-state index in [1.165, 1.54) is 6.07 Å². The Balaban J connectivity index is 2.25. The Bertz CT molecular complexity index is 753. The summed E-state index contributed by atoms with van der Waals surface area (Å²) < 4.78 is 31.4. The number of hydrogen-bond acceptors (Lipinski definition) is 4. The number of carbonyl (C=O) groups excluding carboxylic acids is 2. The van der Waals surface area contributed by atoms with Gasteiger partial charge in [0.05, 0.1) is 23.3 Å². The molecular formula is C14H9ClF2N2O3. The first kappa shape index (κ1) is 15.8. The number of pyridine rings is 1. The minimum absolute atomic E-state index is 0.00508. The highest BCUT2D eigenvalue weighted by molar-refractivity contribution is 6.34. The summed E-state index contributed by atoms with van der Waals surface area (Å²) >= 11 is 5.78. The number of carbonyl (C=O) groups is 2.